The minimum Gasteiger partial charge on any atom is -0.392 e. The van der Waals surface area contributed by atoms with Crippen molar-refractivity contribution < 1.29 is 45.9 Å². The van der Waals surface area contributed by atoms with Crippen LogP contribution in [0.2, 0.25) is 0 Å². The van der Waals surface area contributed by atoms with Gasteiger partial charge < -0.3 is 19.9 Å². The number of imide groups is 1. The molecule has 0 saturated carbocycles. The van der Waals surface area contributed by atoms with E-state index in [-0.39, 0.29) is 42.2 Å². The molecule has 2 aromatic heterocycles. The number of aromatic amines is 1. The third-order valence-corrected chi connectivity index (χ3v) is 14.8. The summed E-state index contributed by atoms with van der Waals surface area (Å²) >= 11 is 0. The van der Waals surface area contributed by atoms with Crippen LogP contribution < -0.4 is 14.9 Å². The smallest absolute Gasteiger partial charge is 0.301 e. The number of amides is 3. The lowest BCUT2D eigenvalue weighted by atomic mass is 9.72. The largest absolute Gasteiger partial charge is 0.392 e. The van der Waals surface area contributed by atoms with Crippen LogP contribution >= 0.6 is 0 Å². The van der Waals surface area contributed by atoms with Gasteiger partial charge in [0.2, 0.25) is 17.6 Å². The minimum absolute atomic E-state index is 0.00233. The number of anilines is 2. The Bertz CT molecular complexity index is 2880. The van der Waals surface area contributed by atoms with Crippen LogP contribution in [0.1, 0.15) is 63.1 Å². The Kier molecular flexibility index (Phi) is 10.8. The number of aromatic nitrogens is 2. The Morgan fingerprint density at radius 2 is 1.77 bits per heavy atom. The number of β-amino-alcohol motifs (C(OH)–C–C–N with tert-alkyl or cyclic N) is 1. The summed E-state index contributed by atoms with van der Waals surface area (Å²) in [5.41, 5.74) is 3.75. The fourth-order valence-electron chi connectivity index (χ4n) is 9.98. The summed E-state index contributed by atoms with van der Waals surface area (Å²) in [5.74, 6) is -4.55. The van der Waals surface area contributed by atoms with Crippen LogP contribution in [0.3, 0.4) is 0 Å². The number of ketones is 1. The van der Waals surface area contributed by atoms with Gasteiger partial charge in [-0.2, -0.15) is 12.7 Å². The molecule has 19 heteroatoms. The number of piperidine rings is 1. The highest BCUT2D eigenvalue weighted by Crippen LogP contribution is 2.42. The average molecular weight is 911 g/mol. The number of benzene rings is 3. The first-order chi connectivity index (χ1) is 31.1. The van der Waals surface area contributed by atoms with E-state index < -0.39 is 69.6 Å². The lowest BCUT2D eigenvalue weighted by Crippen LogP contribution is -2.72. The number of fused-ring (bicyclic) bond motifs is 2. The van der Waals surface area contributed by atoms with E-state index in [1.54, 1.807) is 18.3 Å². The molecular formula is C46H45F3N8O7S. The van der Waals surface area contributed by atoms with Gasteiger partial charge in [-0.1, -0.05) is 24.3 Å². The highest BCUT2D eigenvalue weighted by Gasteiger charge is 2.51. The van der Waals surface area contributed by atoms with E-state index in [0.717, 1.165) is 65.0 Å². The predicted octanol–water partition coefficient (Wildman–Crippen LogP) is 4.32. The maximum Gasteiger partial charge on any atom is 0.301 e. The van der Waals surface area contributed by atoms with Crippen LogP contribution in [0, 0.1) is 17.0 Å². The highest BCUT2D eigenvalue weighted by molar-refractivity contribution is 7.90. The number of pyridine rings is 1. The molecule has 5 aromatic rings. The zero-order valence-corrected chi connectivity index (χ0v) is 35.8. The van der Waals surface area contributed by atoms with E-state index in [9.17, 15) is 37.1 Å². The number of nitrogens with one attached hydrogen (secondary N) is 3. The number of alkyl halides is 1. The van der Waals surface area contributed by atoms with Crippen LogP contribution in [0.4, 0.5) is 24.5 Å². The van der Waals surface area contributed by atoms with Crippen molar-refractivity contribution in [3.8, 4) is 11.1 Å². The summed E-state index contributed by atoms with van der Waals surface area (Å²) in [4.78, 5) is 64.1. The SMILES string of the molecule is O=C1CC[C@H](N2Cc3cc(CC[C@H](O)CN4CC5(C4)CN(c4ccc(-c6cnc7[nH]cc(C(=O)c8c(F)ccc(NS(=O)(=O)N9CC[C@@H](F)C9)c8F)c7c6)cc4)C5)ccc3C2=O)C(=O)N1. The van der Waals surface area contributed by atoms with Crippen molar-refractivity contribution in [3.05, 3.63) is 113 Å². The number of aliphatic hydroxyl groups is 1. The van der Waals surface area contributed by atoms with Crippen molar-refractivity contribution in [2.45, 2.75) is 57.0 Å². The summed E-state index contributed by atoms with van der Waals surface area (Å²) in [5, 5.41) is 13.6. The maximum absolute atomic E-state index is 15.7. The first-order valence-corrected chi connectivity index (χ1v) is 23.0. The number of likely N-dealkylation sites (tertiary alicyclic amines) is 1. The van der Waals surface area contributed by atoms with E-state index in [2.05, 4.69) is 25.1 Å². The van der Waals surface area contributed by atoms with Crippen LogP contribution in [0.25, 0.3) is 22.2 Å². The highest BCUT2D eigenvalue weighted by atomic mass is 32.2. The first-order valence-electron chi connectivity index (χ1n) is 21.6. The summed E-state index contributed by atoms with van der Waals surface area (Å²) < 4.78 is 73.0. The van der Waals surface area contributed by atoms with Crippen molar-refractivity contribution >= 4 is 56.1 Å². The Morgan fingerprint density at radius 1 is 0.985 bits per heavy atom. The van der Waals surface area contributed by atoms with Crippen molar-refractivity contribution in [1.29, 1.82) is 0 Å². The Balaban J connectivity index is 0.720. The molecule has 5 aliphatic heterocycles. The van der Waals surface area contributed by atoms with Crippen molar-refractivity contribution in [2.75, 3.05) is 55.4 Å². The van der Waals surface area contributed by atoms with E-state index in [1.807, 2.05) is 41.1 Å². The number of hydrogen-bond acceptors (Lipinski definition) is 10. The molecule has 0 radical (unpaired) electrons. The zero-order valence-electron chi connectivity index (χ0n) is 35.0. The molecule has 65 heavy (non-hydrogen) atoms. The summed E-state index contributed by atoms with van der Waals surface area (Å²) in [6, 6.07) is 16.3. The Morgan fingerprint density at radius 3 is 2.51 bits per heavy atom. The number of aliphatic hydroxyl groups excluding tert-OH is 1. The molecule has 4 saturated heterocycles. The van der Waals surface area contributed by atoms with Crippen LogP contribution in [-0.4, -0.2) is 125 Å². The number of carbonyl (C=O) groups excluding carboxylic acids is 4. The Hall–Kier alpha value is -6.15. The van der Waals surface area contributed by atoms with Crippen LogP contribution in [0.15, 0.2) is 73.1 Å². The molecule has 3 aromatic carbocycles. The molecule has 4 fully saturated rings. The molecule has 15 nitrogen and oxygen atoms in total. The van der Waals surface area contributed by atoms with Gasteiger partial charge in [0, 0.05) is 104 Å². The van der Waals surface area contributed by atoms with Gasteiger partial charge >= 0.3 is 10.2 Å². The number of nitrogens with zero attached hydrogens (tertiary/aromatic N) is 5. The van der Waals surface area contributed by atoms with Crippen LogP contribution in [0.5, 0.6) is 0 Å². The molecule has 4 N–H and O–H groups in total. The van der Waals surface area contributed by atoms with Crippen molar-refractivity contribution in [3.63, 3.8) is 0 Å². The standard InChI is InChI=1S/C46H45F3N8O7S/c47-30-13-14-56(20-30)65(63,64)53-37-10-9-36(48)40(41(37)49)42(60)35-18-51-43-34(35)16-28(17-50-43)27-3-5-31(6-4-27)55-24-46(25-55)22-54(23-46)21-32(58)7-1-26-2-8-33-29(15-26)19-57(45(33)62)38-11-12-39(59)52-44(38)61/h2-6,8-10,15-18,30,32,38,53,58H,1,7,11-14,19-25H2,(H,50,51)(H,52,59,61)/t30-,32+,38+/m1/s1. The number of H-pyrrole nitrogens is 1. The van der Waals surface area contributed by atoms with Gasteiger partial charge in [0.15, 0.2) is 5.82 Å². The monoisotopic (exact) mass is 910 g/mol. The quantitative estimate of drug-likeness (QED) is 0.0980. The second kappa shape index (κ2) is 16.4. The number of halogens is 3. The van der Waals surface area contributed by atoms with E-state index >= 15 is 8.78 Å². The van der Waals surface area contributed by atoms with Crippen molar-refractivity contribution in [2.24, 2.45) is 5.41 Å². The van der Waals surface area contributed by atoms with Gasteiger partial charge in [-0.3, -0.25) is 34.1 Å². The van der Waals surface area contributed by atoms with Crippen LogP contribution in [-0.2, 0) is 32.8 Å². The fraction of sp³-hybridized carbons (Fsp3) is 0.370. The van der Waals surface area contributed by atoms with Gasteiger partial charge in [0.25, 0.3) is 5.91 Å². The second-order valence-corrected chi connectivity index (χ2v) is 19.6. The van der Waals surface area contributed by atoms with E-state index in [0.29, 0.717) is 54.5 Å². The normalized spacial score (nSPS) is 21.4. The van der Waals surface area contributed by atoms with Gasteiger partial charge in [0.1, 0.15) is 23.7 Å². The maximum atomic E-state index is 15.7. The number of carbonyl (C=O) groups is 4. The third-order valence-electron chi connectivity index (χ3n) is 13.3. The van der Waals surface area contributed by atoms with Gasteiger partial charge in [-0.25, -0.2) is 18.2 Å². The molecule has 338 valence electrons. The molecule has 1 spiro atoms. The molecule has 0 aliphatic carbocycles. The molecule has 5 aliphatic rings. The first kappa shape index (κ1) is 42.8. The van der Waals surface area contributed by atoms with Gasteiger partial charge in [-0.05, 0) is 78.8 Å². The fourth-order valence-corrected chi connectivity index (χ4v) is 11.2. The summed E-state index contributed by atoms with van der Waals surface area (Å²) in [7, 11) is -4.36. The van der Waals surface area contributed by atoms with Gasteiger partial charge in [0.05, 0.1) is 17.4 Å². The molecule has 3 amide bonds. The minimum atomic E-state index is -4.36. The molecule has 0 unspecified atom stereocenters. The molecule has 7 heterocycles. The Labute approximate surface area is 371 Å². The summed E-state index contributed by atoms with van der Waals surface area (Å²) in [6.45, 7) is 3.89. The average Bonchev–Trinajstić information content (AvgIpc) is 3.98. The second-order valence-electron chi connectivity index (χ2n) is 17.9. The molecule has 3 atom stereocenters. The number of hydrogen-bond donors (Lipinski definition) is 4. The van der Waals surface area contributed by atoms with Crippen molar-refractivity contribution in [1.82, 2.24) is 29.4 Å². The predicted molar refractivity (Wildman–Crippen MR) is 233 cm³/mol. The van der Waals surface area contributed by atoms with E-state index in [4.69, 9.17) is 0 Å². The lowest BCUT2D eigenvalue weighted by Gasteiger charge is -2.61. The molecule has 10 rings (SSSR count). The number of rotatable bonds is 13. The third kappa shape index (κ3) is 8.04. The lowest BCUT2D eigenvalue weighted by molar-refractivity contribution is -0.136. The topological polar surface area (TPSA) is 188 Å². The molecule has 0 bridgehead atoms. The molecular weight excluding hydrogens is 866 g/mol. The summed E-state index contributed by atoms with van der Waals surface area (Å²) in [6.07, 6.45) is 2.78. The van der Waals surface area contributed by atoms with Gasteiger partial charge in [-0.15, -0.1) is 0 Å². The zero-order chi connectivity index (χ0) is 45.4. The number of aryl methyl sites for hydroxylation is 1. The van der Waals surface area contributed by atoms with E-state index in [1.165, 1.54) is 11.1 Å².